The lowest BCUT2D eigenvalue weighted by Gasteiger charge is -2.05. The highest BCUT2D eigenvalue weighted by atomic mass is 35.5. The maximum Gasteiger partial charge on any atom is 0.122 e. The molecular weight excluding hydrogens is 371 g/mol. The normalized spacial score (nSPS) is 9.73. The van der Waals surface area contributed by atoms with Crippen LogP contribution in [0.5, 0.6) is 0 Å². The lowest BCUT2D eigenvalue weighted by atomic mass is 10.1. The molecule has 0 atom stereocenters. The molecule has 0 aliphatic heterocycles. The maximum absolute atomic E-state index is 7.45. The molecule has 0 aliphatic rings. The molecule has 3 aromatic rings. The van der Waals surface area contributed by atoms with E-state index in [0.717, 1.165) is 22.8 Å². The lowest BCUT2D eigenvalue weighted by molar-refractivity contribution is 0.975. The summed E-state index contributed by atoms with van der Waals surface area (Å²) in [5, 5.41) is 14.9. The summed E-state index contributed by atoms with van der Waals surface area (Å²) in [4.78, 5) is 4.60. The van der Waals surface area contributed by atoms with Gasteiger partial charge >= 0.3 is 0 Å². The molecule has 1 heterocycles. The third-order valence-electron chi connectivity index (χ3n) is 3.83. The zero-order valence-corrected chi connectivity index (χ0v) is 15.7. The zero-order chi connectivity index (χ0) is 17.3. The van der Waals surface area contributed by atoms with E-state index >= 15 is 0 Å². The Bertz CT molecular complexity index is 914. The van der Waals surface area contributed by atoms with Crippen LogP contribution in [0.2, 0.25) is 0 Å². The number of nitrogen functional groups attached to an aromatic ring is 2. The number of nitrogens with two attached hydrogens (primary N) is 2. The molecule has 6 nitrogen and oxygen atoms in total. The molecule has 2 aromatic carbocycles. The molecule has 6 N–H and O–H groups in total. The Balaban J connectivity index is 0.00000169. The van der Waals surface area contributed by atoms with Gasteiger partial charge in [-0.15, -0.1) is 24.8 Å². The molecule has 0 saturated heterocycles. The minimum Gasteiger partial charge on any atom is -0.384 e. The molecule has 0 unspecified atom stereocenters. The number of benzene rings is 2. The van der Waals surface area contributed by atoms with Crippen molar-refractivity contribution in [2.24, 2.45) is 11.5 Å². The molecule has 0 aliphatic carbocycles. The molecule has 0 fully saturated rings. The molecule has 136 valence electrons. The first-order valence-corrected chi connectivity index (χ1v) is 7.41. The van der Waals surface area contributed by atoms with Gasteiger partial charge in [-0.1, -0.05) is 24.3 Å². The van der Waals surface area contributed by atoms with E-state index in [1.165, 1.54) is 0 Å². The second-order valence-electron chi connectivity index (χ2n) is 5.49. The summed E-state index contributed by atoms with van der Waals surface area (Å²) in [5.41, 5.74) is 15.1. The van der Waals surface area contributed by atoms with Crippen LogP contribution in [0.25, 0.3) is 16.9 Å². The lowest BCUT2D eigenvalue weighted by Crippen LogP contribution is -2.10. The number of hydrogen-bond acceptors (Lipinski definition) is 3. The number of amidine groups is 2. The highest BCUT2D eigenvalue weighted by Crippen LogP contribution is 2.22. The van der Waals surface area contributed by atoms with Crippen LogP contribution in [-0.4, -0.2) is 21.2 Å². The van der Waals surface area contributed by atoms with Crippen molar-refractivity contribution in [1.29, 1.82) is 10.8 Å². The van der Waals surface area contributed by atoms with Gasteiger partial charge in [0.2, 0.25) is 0 Å². The van der Waals surface area contributed by atoms with Crippen molar-refractivity contribution in [2.45, 2.75) is 6.92 Å². The van der Waals surface area contributed by atoms with Gasteiger partial charge < -0.3 is 16.0 Å². The molecule has 26 heavy (non-hydrogen) atoms. The monoisotopic (exact) mass is 390 g/mol. The standard InChI is InChI=1S/C18H18N6.2ClH/c1-11-23-16(12-2-4-13(5-3-12)17(19)20)10-24(11)15-8-6-14(7-9-15)18(21)22;;/h2-10H,1H3,(H3,19,20)(H3,21,22);2*1H. The molecule has 0 radical (unpaired) electrons. The van der Waals surface area contributed by atoms with E-state index < -0.39 is 0 Å². The topological polar surface area (TPSA) is 118 Å². The second-order valence-corrected chi connectivity index (χ2v) is 5.49. The quantitative estimate of drug-likeness (QED) is 0.404. The summed E-state index contributed by atoms with van der Waals surface area (Å²) >= 11 is 0. The van der Waals surface area contributed by atoms with Gasteiger partial charge in [0.15, 0.2) is 0 Å². The fourth-order valence-electron chi connectivity index (χ4n) is 2.50. The van der Waals surface area contributed by atoms with Gasteiger partial charge in [-0.25, -0.2) is 4.98 Å². The van der Waals surface area contributed by atoms with Crippen LogP contribution in [-0.2, 0) is 0 Å². The Morgan fingerprint density at radius 3 is 1.77 bits per heavy atom. The van der Waals surface area contributed by atoms with Crippen LogP contribution in [0.3, 0.4) is 0 Å². The van der Waals surface area contributed by atoms with Crippen molar-refractivity contribution in [3.8, 4) is 16.9 Å². The number of aromatic nitrogens is 2. The smallest absolute Gasteiger partial charge is 0.122 e. The largest absolute Gasteiger partial charge is 0.384 e. The number of nitrogens with one attached hydrogen (secondary N) is 2. The summed E-state index contributed by atoms with van der Waals surface area (Å²) in [5.74, 6) is 0.959. The predicted molar refractivity (Wildman–Crippen MR) is 110 cm³/mol. The third-order valence-corrected chi connectivity index (χ3v) is 3.83. The zero-order valence-electron chi connectivity index (χ0n) is 14.1. The molecule has 0 amide bonds. The van der Waals surface area contributed by atoms with Crippen molar-refractivity contribution < 1.29 is 0 Å². The summed E-state index contributed by atoms with van der Waals surface area (Å²) in [7, 11) is 0. The van der Waals surface area contributed by atoms with Crippen LogP contribution >= 0.6 is 24.8 Å². The number of imidazole rings is 1. The fourth-order valence-corrected chi connectivity index (χ4v) is 2.50. The van der Waals surface area contributed by atoms with Crippen molar-refractivity contribution in [1.82, 2.24) is 9.55 Å². The average molecular weight is 391 g/mol. The van der Waals surface area contributed by atoms with E-state index in [0.29, 0.717) is 11.1 Å². The van der Waals surface area contributed by atoms with Gasteiger partial charge in [-0.2, -0.15) is 0 Å². The average Bonchev–Trinajstić information content (AvgIpc) is 2.97. The van der Waals surface area contributed by atoms with E-state index in [1.54, 1.807) is 0 Å². The molecule has 0 saturated carbocycles. The molecule has 1 aromatic heterocycles. The molecular formula is C18H20Cl2N6. The number of rotatable bonds is 4. The van der Waals surface area contributed by atoms with Gasteiger partial charge in [0.1, 0.15) is 17.5 Å². The Labute approximate surface area is 164 Å². The Hall–Kier alpha value is -2.83. The summed E-state index contributed by atoms with van der Waals surface area (Å²) in [6.45, 7) is 1.94. The van der Waals surface area contributed by atoms with E-state index in [-0.39, 0.29) is 36.5 Å². The minimum atomic E-state index is 0. The molecule has 0 spiro atoms. The van der Waals surface area contributed by atoms with Crippen LogP contribution < -0.4 is 11.5 Å². The van der Waals surface area contributed by atoms with E-state index in [1.807, 2.05) is 66.2 Å². The first-order valence-electron chi connectivity index (χ1n) is 7.41. The van der Waals surface area contributed by atoms with Crippen molar-refractivity contribution >= 4 is 36.5 Å². The molecule has 0 bridgehead atoms. The highest BCUT2D eigenvalue weighted by molar-refractivity contribution is 5.95. The van der Waals surface area contributed by atoms with Gasteiger partial charge in [0.05, 0.1) is 5.69 Å². The summed E-state index contributed by atoms with van der Waals surface area (Å²) in [6, 6.07) is 14.9. The second kappa shape index (κ2) is 8.51. The summed E-state index contributed by atoms with van der Waals surface area (Å²) in [6.07, 6.45) is 1.96. The van der Waals surface area contributed by atoms with Crippen molar-refractivity contribution in [2.75, 3.05) is 0 Å². The Morgan fingerprint density at radius 1 is 0.846 bits per heavy atom. The number of aryl methyl sites for hydroxylation is 1. The van der Waals surface area contributed by atoms with Gasteiger partial charge in [0, 0.05) is 28.6 Å². The van der Waals surface area contributed by atoms with Gasteiger partial charge in [0.25, 0.3) is 0 Å². The van der Waals surface area contributed by atoms with E-state index in [4.69, 9.17) is 22.3 Å². The van der Waals surface area contributed by atoms with Crippen LogP contribution in [0.4, 0.5) is 0 Å². The van der Waals surface area contributed by atoms with E-state index in [2.05, 4.69) is 4.98 Å². The van der Waals surface area contributed by atoms with Crippen LogP contribution in [0.1, 0.15) is 17.0 Å². The molecule has 8 heteroatoms. The third kappa shape index (κ3) is 4.22. The van der Waals surface area contributed by atoms with Crippen molar-refractivity contribution in [3.05, 3.63) is 71.7 Å². The molecule has 3 rings (SSSR count). The van der Waals surface area contributed by atoms with Crippen molar-refractivity contribution in [3.63, 3.8) is 0 Å². The van der Waals surface area contributed by atoms with Gasteiger partial charge in [-0.3, -0.25) is 10.8 Å². The SMILES string of the molecule is Cc1nc(-c2ccc(C(=N)N)cc2)cn1-c1ccc(C(=N)N)cc1.Cl.Cl. The van der Waals surface area contributed by atoms with Crippen LogP contribution in [0.15, 0.2) is 54.7 Å². The highest BCUT2D eigenvalue weighted by Gasteiger charge is 2.09. The fraction of sp³-hybridized carbons (Fsp3) is 0.0556. The van der Waals surface area contributed by atoms with Crippen LogP contribution in [0, 0.1) is 17.7 Å². The first-order chi connectivity index (χ1) is 11.5. The summed E-state index contributed by atoms with van der Waals surface area (Å²) < 4.78 is 1.98. The van der Waals surface area contributed by atoms with E-state index in [9.17, 15) is 0 Å². The number of halogens is 2. The Morgan fingerprint density at radius 2 is 1.31 bits per heavy atom. The maximum atomic E-state index is 7.45. The van der Waals surface area contributed by atoms with Gasteiger partial charge in [-0.05, 0) is 31.2 Å². The predicted octanol–water partition coefficient (Wildman–Crippen LogP) is 3.26. The minimum absolute atomic E-state index is 0. The Kier molecular flexibility index (Phi) is 6.94. The number of hydrogen-bond donors (Lipinski definition) is 4. The first kappa shape index (κ1) is 21.2. The number of nitrogens with zero attached hydrogens (tertiary/aromatic N) is 2.